The second-order valence-electron chi connectivity index (χ2n) is 4.10. The van der Waals surface area contributed by atoms with Crippen molar-refractivity contribution >= 4 is 5.97 Å². The fraction of sp³-hybridized carbons (Fsp3) is 0.545. The molecule has 18 heavy (non-hydrogen) atoms. The summed E-state index contributed by atoms with van der Waals surface area (Å²) in [6.45, 7) is 1.66. The van der Waals surface area contributed by atoms with Crippen molar-refractivity contribution in [2.45, 2.75) is 26.1 Å². The summed E-state index contributed by atoms with van der Waals surface area (Å²) < 4.78 is 41.0. The zero-order valence-corrected chi connectivity index (χ0v) is 10.0. The van der Waals surface area contributed by atoms with Gasteiger partial charge in [-0.2, -0.15) is 13.2 Å². The van der Waals surface area contributed by atoms with Crippen molar-refractivity contribution in [3.63, 3.8) is 0 Å². The summed E-state index contributed by atoms with van der Waals surface area (Å²) in [5.41, 5.74) is 0.581. The molecule has 0 bridgehead atoms. The molecule has 102 valence electrons. The quantitative estimate of drug-likeness (QED) is 0.889. The highest BCUT2D eigenvalue weighted by molar-refractivity contribution is 5.84. The fourth-order valence-electron chi connectivity index (χ4n) is 1.47. The lowest BCUT2D eigenvalue weighted by Gasteiger charge is -2.16. The molecule has 0 aliphatic rings. The van der Waals surface area contributed by atoms with Gasteiger partial charge in [0.2, 0.25) is 5.76 Å². The number of aryl methyl sites for hydroxylation is 1. The average Bonchev–Trinajstić information content (AvgIpc) is 2.57. The second-order valence-corrected chi connectivity index (χ2v) is 4.10. The van der Waals surface area contributed by atoms with E-state index in [1.165, 1.54) is 11.0 Å². The Hall–Kier alpha value is -1.50. The molecule has 0 unspecified atom stereocenters. The topological polar surface area (TPSA) is 53.7 Å². The highest BCUT2D eigenvalue weighted by atomic mass is 19.4. The van der Waals surface area contributed by atoms with Crippen molar-refractivity contribution in [1.82, 2.24) is 4.90 Å². The lowest BCUT2D eigenvalue weighted by atomic mass is 10.2. The molecular weight excluding hydrogens is 251 g/mol. The van der Waals surface area contributed by atoms with Crippen LogP contribution in [0.15, 0.2) is 10.5 Å². The van der Waals surface area contributed by atoms with E-state index in [9.17, 15) is 18.0 Å². The highest BCUT2D eigenvalue weighted by Crippen LogP contribution is 2.21. The normalized spacial score (nSPS) is 12.1. The average molecular weight is 265 g/mol. The molecule has 0 fully saturated rings. The van der Waals surface area contributed by atoms with Crippen molar-refractivity contribution in [2.75, 3.05) is 13.6 Å². The van der Waals surface area contributed by atoms with Gasteiger partial charge in [0.15, 0.2) is 0 Å². The van der Waals surface area contributed by atoms with E-state index in [4.69, 9.17) is 9.52 Å². The smallest absolute Gasteiger partial charge is 0.390 e. The van der Waals surface area contributed by atoms with E-state index in [1.807, 2.05) is 0 Å². The van der Waals surface area contributed by atoms with Crippen LogP contribution >= 0.6 is 0 Å². The molecule has 0 spiro atoms. The minimum atomic E-state index is -4.19. The molecule has 1 rings (SSSR count). The maximum absolute atomic E-state index is 12.0. The molecule has 0 amide bonds. The third-order valence-corrected chi connectivity index (χ3v) is 2.45. The molecule has 1 aromatic rings. The second kappa shape index (κ2) is 5.43. The third kappa shape index (κ3) is 4.40. The number of furan rings is 1. The van der Waals surface area contributed by atoms with Crippen molar-refractivity contribution in [3.8, 4) is 0 Å². The first-order valence-electron chi connectivity index (χ1n) is 5.27. The van der Waals surface area contributed by atoms with Crippen LogP contribution in [0.5, 0.6) is 0 Å². The molecule has 1 N–H and O–H groups in total. The number of aromatic carboxylic acids is 1. The van der Waals surface area contributed by atoms with Gasteiger partial charge in [0, 0.05) is 18.7 Å². The summed E-state index contributed by atoms with van der Waals surface area (Å²) in [6, 6.07) is 1.34. The number of carboxylic acid groups (broad SMARTS) is 1. The van der Waals surface area contributed by atoms with Gasteiger partial charge in [-0.25, -0.2) is 4.79 Å². The molecular formula is C11H14F3NO3. The monoisotopic (exact) mass is 265 g/mol. The summed E-state index contributed by atoms with van der Waals surface area (Å²) in [4.78, 5) is 12.1. The van der Waals surface area contributed by atoms with Crippen molar-refractivity contribution in [1.29, 1.82) is 0 Å². The Balaban J connectivity index is 2.59. The first-order valence-corrected chi connectivity index (χ1v) is 5.27. The van der Waals surface area contributed by atoms with Gasteiger partial charge in [-0.05, 0) is 20.0 Å². The Morgan fingerprint density at radius 3 is 2.56 bits per heavy atom. The van der Waals surface area contributed by atoms with E-state index in [1.54, 1.807) is 14.0 Å². The maximum Gasteiger partial charge on any atom is 0.390 e. The number of nitrogens with zero attached hydrogens (tertiary/aromatic N) is 1. The largest absolute Gasteiger partial charge is 0.475 e. The van der Waals surface area contributed by atoms with E-state index in [0.29, 0.717) is 11.3 Å². The van der Waals surface area contributed by atoms with E-state index >= 15 is 0 Å². The number of halogens is 3. The Kier molecular flexibility index (Phi) is 4.39. The van der Waals surface area contributed by atoms with Crippen LogP contribution in [0, 0.1) is 6.92 Å². The summed E-state index contributed by atoms with van der Waals surface area (Å²) in [6.07, 6.45) is -5.09. The standard InChI is InChI=1S/C11H14F3NO3/c1-7-8(5-9(18-7)10(16)17)6-15(2)4-3-11(12,13)14/h5H,3-4,6H2,1-2H3,(H,16,17). The molecule has 0 aliphatic carbocycles. The Morgan fingerprint density at radius 2 is 2.11 bits per heavy atom. The molecule has 1 heterocycles. The first kappa shape index (κ1) is 14.6. The van der Waals surface area contributed by atoms with Gasteiger partial charge in [0.05, 0.1) is 6.42 Å². The van der Waals surface area contributed by atoms with E-state index in [-0.39, 0.29) is 18.8 Å². The summed E-state index contributed by atoms with van der Waals surface area (Å²) in [7, 11) is 1.54. The van der Waals surface area contributed by atoms with E-state index in [0.717, 1.165) is 0 Å². The summed E-state index contributed by atoms with van der Waals surface area (Å²) in [5, 5.41) is 8.71. The fourth-order valence-corrected chi connectivity index (χ4v) is 1.47. The Bertz CT molecular complexity index is 426. The molecule has 7 heteroatoms. The number of hydrogen-bond donors (Lipinski definition) is 1. The van der Waals surface area contributed by atoms with Crippen LogP contribution in [-0.2, 0) is 6.54 Å². The maximum atomic E-state index is 12.0. The van der Waals surface area contributed by atoms with Crippen molar-refractivity contribution < 1.29 is 27.5 Å². The van der Waals surface area contributed by atoms with Gasteiger partial charge in [-0.15, -0.1) is 0 Å². The van der Waals surface area contributed by atoms with Crippen LogP contribution in [0.2, 0.25) is 0 Å². The molecule has 0 saturated carbocycles. The van der Waals surface area contributed by atoms with Crippen LogP contribution in [-0.4, -0.2) is 35.7 Å². The predicted molar refractivity (Wildman–Crippen MR) is 57.4 cm³/mol. The lowest BCUT2D eigenvalue weighted by molar-refractivity contribution is -0.137. The minimum absolute atomic E-state index is 0.142. The zero-order chi connectivity index (χ0) is 13.9. The molecule has 0 aliphatic heterocycles. The molecule has 0 saturated heterocycles. The molecule has 0 aromatic carbocycles. The van der Waals surface area contributed by atoms with Crippen LogP contribution < -0.4 is 0 Å². The SMILES string of the molecule is Cc1oc(C(=O)O)cc1CN(C)CCC(F)(F)F. The Labute approximate surface area is 102 Å². The molecule has 0 atom stereocenters. The van der Waals surface area contributed by atoms with Gasteiger partial charge in [-0.1, -0.05) is 0 Å². The van der Waals surface area contributed by atoms with Crippen LogP contribution in [0.3, 0.4) is 0 Å². The number of carboxylic acids is 1. The van der Waals surface area contributed by atoms with Gasteiger partial charge >= 0.3 is 12.1 Å². The number of carbonyl (C=O) groups is 1. The number of alkyl halides is 3. The van der Waals surface area contributed by atoms with E-state index in [2.05, 4.69) is 0 Å². The van der Waals surface area contributed by atoms with Crippen molar-refractivity contribution in [2.24, 2.45) is 0 Å². The minimum Gasteiger partial charge on any atom is -0.475 e. The summed E-state index contributed by atoms with van der Waals surface area (Å²) >= 11 is 0. The van der Waals surface area contributed by atoms with Crippen LogP contribution in [0.4, 0.5) is 13.2 Å². The number of rotatable bonds is 5. The van der Waals surface area contributed by atoms with Gasteiger partial charge in [0.1, 0.15) is 5.76 Å². The number of hydrogen-bond acceptors (Lipinski definition) is 3. The van der Waals surface area contributed by atoms with Crippen LogP contribution in [0.1, 0.15) is 28.3 Å². The zero-order valence-electron chi connectivity index (χ0n) is 10.0. The molecule has 1 aromatic heterocycles. The molecule has 4 nitrogen and oxygen atoms in total. The highest BCUT2D eigenvalue weighted by Gasteiger charge is 2.27. The van der Waals surface area contributed by atoms with E-state index < -0.39 is 18.6 Å². The lowest BCUT2D eigenvalue weighted by Crippen LogP contribution is -2.24. The van der Waals surface area contributed by atoms with Gasteiger partial charge in [-0.3, -0.25) is 0 Å². The van der Waals surface area contributed by atoms with Crippen molar-refractivity contribution in [3.05, 3.63) is 23.2 Å². The first-order chi connectivity index (χ1) is 8.19. The molecule has 0 radical (unpaired) electrons. The third-order valence-electron chi connectivity index (χ3n) is 2.45. The summed E-state index contributed by atoms with van der Waals surface area (Å²) in [5.74, 6) is -0.986. The van der Waals surface area contributed by atoms with Crippen LogP contribution in [0.25, 0.3) is 0 Å². The van der Waals surface area contributed by atoms with Gasteiger partial charge in [0.25, 0.3) is 0 Å². The van der Waals surface area contributed by atoms with Gasteiger partial charge < -0.3 is 14.4 Å². The Morgan fingerprint density at radius 1 is 1.50 bits per heavy atom. The predicted octanol–water partition coefficient (Wildman–Crippen LogP) is 2.67.